The average molecular weight is 2070 g/mol. The molecule has 129 heavy (non-hydrogen) atoms. The standard InChI is InChI=1S/C13H8F16O2.C12H6F16O2.C11H8F12O2.C10H6F12O2.C9H8F8O2/c1-4(2)5(30)31-3-7(16,17)9(20,21)11(24,25)13(28,29)12(26,27)10(22,23)8(18,19)6(14)15;1-2-4(29)30-3-6(15,16)8(19,20)10(23,24)12(27,28)11(25,26)9(21,22)7(17,18)5(13)14;1-4(2)5(24)25-3-7(14,15)9(18,19)11(22,23)10(20,21)8(16,17)6(12)13;1-2-4(23)24-3-6(13,14)8(17,18)10(21,22)9(19,20)7(15,16)5(11)12;1-4(2)5(18)19-3-7(12,13)9(16,17)8(14,15)6(10)11/h6H,1,3H2,2H3;2,5H,1,3H2;6H,1,3H2,2H3;2,5H,1,3H2;6H,1,3H2,2H3. The number of carbonyl (C=O) groups is 5. The van der Waals surface area contributed by atoms with Gasteiger partial charge in [-0.25, -0.2) is 67.9 Å². The number of carbonyl (C=O) groups excluding carboxylic acids is 5. The van der Waals surface area contributed by atoms with Crippen LogP contribution < -0.4 is 0 Å². The molecule has 0 fully saturated rings. The lowest BCUT2D eigenvalue weighted by Gasteiger charge is -2.42. The minimum absolute atomic E-state index is 0.0396. The lowest BCUT2D eigenvalue weighted by Crippen LogP contribution is -2.74. The lowest BCUT2D eigenvalue weighted by molar-refractivity contribution is -0.447. The summed E-state index contributed by atoms with van der Waals surface area (Å²) in [5.74, 6) is -210. The van der Waals surface area contributed by atoms with Crippen LogP contribution in [0.15, 0.2) is 61.8 Å². The first-order valence-corrected chi connectivity index (χ1v) is 29.3. The zero-order valence-corrected chi connectivity index (χ0v) is 59.9. The first-order chi connectivity index (χ1) is 55.6. The molecule has 0 N–H and O–H groups in total. The van der Waals surface area contributed by atoms with Crippen LogP contribution in [-0.4, -0.2) is 255 Å². The van der Waals surface area contributed by atoms with Crippen molar-refractivity contribution < 1.29 is 329 Å². The first-order valence-electron chi connectivity index (χ1n) is 29.3. The van der Waals surface area contributed by atoms with Gasteiger partial charge >= 0.3 is 222 Å². The summed E-state index contributed by atoms with van der Waals surface area (Å²) in [6.45, 7) is 1.26. The number of ether oxygens (including phenoxy) is 5. The highest BCUT2D eigenvalue weighted by atomic mass is 19.4. The molecular weight excluding hydrogens is 2040 g/mol. The zero-order chi connectivity index (χ0) is 106. The molecule has 0 aromatic rings. The van der Waals surface area contributed by atoms with Gasteiger partial charge in [0.1, 0.15) is 0 Å². The second-order valence-electron chi connectivity index (χ2n) is 23.6. The average Bonchev–Trinajstić information content (AvgIpc) is 0.728. The van der Waals surface area contributed by atoms with E-state index in [4.69, 9.17) is 0 Å². The van der Waals surface area contributed by atoms with Crippen molar-refractivity contribution in [2.24, 2.45) is 0 Å². The van der Waals surface area contributed by atoms with Crippen LogP contribution in [-0.2, 0) is 47.7 Å². The zero-order valence-electron chi connectivity index (χ0n) is 59.9. The van der Waals surface area contributed by atoms with Gasteiger partial charge < -0.3 is 23.7 Å². The van der Waals surface area contributed by atoms with Crippen LogP contribution >= 0.6 is 0 Å². The Morgan fingerprint density at radius 1 is 0.202 bits per heavy atom. The quantitative estimate of drug-likeness (QED) is 0.0252. The molecule has 0 bridgehead atoms. The van der Waals surface area contributed by atoms with Gasteiger partial charge in [0.25, 0.3) is 0 Å². The summed E-state index contributed by atoms with van der Waals surface area (Å²) >= 11 is 0. The number of alkyl halides is 64. The van der Waals surface area contributed by atoms with E-state index < -0.39 is 272 Å². The molecule has 0 aromatic heterocycles. The predicted molar refractivity (Wildman–Crippen MR) is 283 cm³/mol. The van der Waals surface area contributed by atoms with E-state index in [9.17, 15) is 305 Å². The fraction of sp³-hybridized carbons (Fsp3) is 0.727. The van der Waals surface area contributed by atoms with E-state index in [1.807, 2.05) is 0 Å². The maximum Gasteiger partial charge on any atom is 0.385 e. The van der Waals surface area contributed by atoms with Crippen LogP contribution in [0.5, 0.6) is 0 Å². The Morgan fingerprint density at radius 2 is 0.310 bits per heavy atom. The molecule has 0 spiro atoms. The molecule has 0 aliphatic carbocycles. The fourth-order valence-electron chi connectivity index (χ4n) is 6.00. The van der Waals surface area contributed by atoms with Crippen LogP contribution in [0.1, 0.15) is 20.8 Å². The van der Waals surface area contributed by atoms with E-state index in [1.54, 1.807) is 0 Å². The minimum Gasteiger partial charge on any atom is -0.456 e. The van der Waals surface area contributed by atoms with Crippen molar-refractivity contribution in [3.05, 3.63) is 61.8 Å². The van der Waals surface area contributed by atoms with E-state index in [0.717, 1.165) is 13.8 Å². The van der Waals surface area contributed by atoms with Crippen molar-refractivity contribution in [3.8, 4) is 0 Å². The first kappa shape index (κ1) is 129. The number of hydrogen-bond donors (Lipinski definition) is 0. The van der Waals surface area contributed by atoms with E-state index in [-0.39, 0.29) is 12.2 Å². The second-order valence-corrected chi connectivity index (χ2v) is 23.6. The Bertz CT molecular complexity index is 3830. The van der Waals surface area contributed by atoms with Gasteiger partial charge in [-0.05, 0) is 20.8 Å². The molecule has 0 heterocycles. The molecule has 0 saturated carbocycles. The molecule has 0 aliphatic heterocycles. The van der Waals surface area contributed by atoms with Gasteiger partial charge in [-0.15, -0.1) is 0 Å². The Kier molecular flexibility index (Phi) is 40.2. The lowest BCUT2D eigenvalue weighted by atomic mass is 9.89. The van der Waals surface area contributed by atoms with Gasteiger partial charge in [0.15, 0.2) is 33.0 Å². The third-order valence-corrected chi connectivity index (χ3v) is 13.8. The van der Waals surface area contributed by atoms with Gasteiger partial charge in [0, 0.05) is 28.9 Å². The maximum absolute atomic E-state index is 13.4. The predicted octanol–water partition coefficient (Wildman–Crippen LogP) is 23.2. The van der Waals surface area contributed by atoms with Gasteiger partial charge in [-0.2, -0.15) is 237 Å². The summed E-state index contributed by atoms with van der Waals surface area (Å²) in [6, 6.07) is 0. The summed E-state index contributed by atoms with van der Waals surface area (Å²) in [7, 11) is 0. The maximum atomic E-state index is 13.4. The monoisotopic (exact) mass is 2070 g/mol. The number of halogens is 64. The number of rotatable bonds is 42. The topological polar surface area (TPSA) is 132 Å². The van der Waals surface area contributed by atoms with Crippen LogP contribution in [0.3, 0.4) is 0 Å². The largest absolute Gasteiger partial charge is 0.456 e. The van der Waals surface area contributed by atoms with Gasteiger partial charge in [0.05, 0.1) is 0 Å². The van der Waals surface area contributed by atoms with Crippen molar-refractivity contribution >= 4 is 29.8 Å². The molecule has 0 aromatic carbocycles. The van der Waals surface area contributed by atoms with Crippen molar-refractivity contribution in [2.75, 3.05) is 33.0 Å². The molecule has 0 aliphatic rings. The molecule has 10 nitrogen and oxygen atoms in total. The molecule has 764 valence electrons. The summed E-state index contributed by atoms with van der Waals surface area (Å²) in [4.78, 5) is 53.1. The highest BCUT2D eigenvalue weighted by Gasteiger charge is 2.97. The fourth-order valence-corrected chi connectivity index (χ4v) is 6.00. The van der Waals surface area contributed by atoms with Crippen LogP contribution in [0.2, 0.25) is 0 Å². The van der Waals surface area contributed by atoms with E-state index in [1.165, 1.54) is 0 Å². The van der Waals surface area contributed by atoms with Crippen LogP contribution in [0.4, 0.5) is 281 Å². The van der Waals surface area contributed by atoms with E-state index in [2.05, 4.69) is 56.6 Å². The highest BCUT2D eigenvalue weighted by Crippen LogP contribution is 2.67. The highest BCUT2D eigenvalue weighted by molar-refractivity contribution is 5.88. The van der Waals surface area contributed by atoms with Crippen molar-refractivity contribution in [1.82, 2.24) is 0 Å². The van der Waals surface area contributed by atoms with Crippen molar-refractivity contribution in [3.63, 3.8) is 0 Å². The molecule has 0 amide bonds. The molecule has 0 unspecified atom stereocenters. The summed E-state index contributed by atoms with van der Waals surface area (Å²) < 4.78 is 836. The molecule has 0 rings (SSSR count). The minimum atomic E-state index is -8.48. The Hall–Kier alpha value is -8.43. The third-order valence-electron chi connectivity index (χ3n) is 13.8. The Balaban J connectivity index is -0.000000501. The SMILES string of the molecule is C=C(C)C(=O)OCC(F)(F)C(F)(F)C(F)(F)C(F)(F)C(F)(F)C(F)(F)C(F)(F)C(F)F.C=C(C)C(=O)OCC(F)(F)C(F)(F)C(F)(F)C(F)(F)C(F)(F)C(F)F.C=C(C)C(=O)OCC(F)(F)C(F)(F)C(F)(F)C(F)F.C=CC(=O)OCC(F)(F)C(F)(F)C(F)(F)C(F)(F)C(F)(F)C(F)(F)C(F)(F)C(F)F.C=CC(=O)OCC(F)(F)C(F)(F)C(F)(F)C(F)(F)C(F)(F)C(F)F. The molecule has 0 atom stereocenters. The summed E-state index contributed by atoms with van der Waals surface area (Å²) in [5.41, 5.74) is -1.98. The van der Waals surface area contributed by atoms with Crippen molar-refractivity contribution in [2.45, 2.75) is 213 Å². The van der Waals surface area contributed by atoms with E-state index >= 15 is 0 Å². The summed E-state index contributed by atoms with van der Waals surface area (Å²) in [6.07, 6.45) is -27.9. The van der Waals surface area contributed by atoms with E-state index in [0.29, 0.717) is 6.92 Å². The van der Waals surface area contributed by atoms with Crippen LogP contribution in [0, 0.1) is 0 Å². The van der Waals surface area contributed by atoms with Crippen molar-refractivity contribution in [1.29, 1.82) is 0 Å². The number of hydrogen-bond acceptors (Lipinski definition) is 10. The smallest absolute Gasteiger partial charge is 0.385 e. The van der Waals surface area contributed by atoms with Gasteiger partial charge in [0.2, 0.25) is 0 Å². The summed E-state index contributed by atoms with van der Waals surface area (Å²) in [5, 5.41) is 0. The van der Waals surface area contributed by atoms with Crippen LogP contribution in [0.25, 0.3) is 0 Å². The Labute approximate surface area is 666 Å². The molecule has 74 heteroatoms. The molecule has 0 saturated heterocycles. The van der Waals surface area contributed by atoms with Gasteiger partial charge in [-0.1, -0.05) is 32.9 Å². The third kappa shape index (κ3) is 23.4. The molecular formula is C55H36F64O10. The second kappa shape index (κ2) is 40.2. The number of esters is 5. The molecule has 0 radical (unpaired) electrons. The normalized spacial score (nSPS) is 14.8. The Morgan fingerprint density at radius 3 is 0.442 bits per heavy atom. The van der Waals surface area contributed by atoms with Gasteiger partial charge in [-0.3, -0.25) is 0 Å².